The van der Waals surface area contributed by atoms with Crippen molar-refractivity contribution in [2.75, 3.05) is 32.2 Å². The van der Waals surface area contributed by atoms with E-state index in [0.29, 0.717) is 37.2 Å². The van der Waals surface area contributed by atoms with Gasteiger partial charge in [0, 0.05) is 30.3 Å². The third-order valence-electron chi connectivity index (χ3n) is 8.37. The van der Waals surface area contributed by atoms with Gasteiger partial charge in [0.05, 0.1) is 25.9 Å². The fourth-order valence-electron chi connectivity index (χ4n) is 5.77. The van der Waals surface area contributed by atoms with Crippen molar-refractivity contribution >= 4 is 23.8 Å². The molecule has 0 spiro atoms. The van der Waals surface area contributed by atoms with E-state index < -0.39 is 24.1 Å². The van der Waals surface area contributed by atoms with Crippen LogP contribution in [0.1, 0.15) is 34.6 Å². The van der Waals surface area contributed by atoms with Gasteiger partial charge in [0.2, 0.25) is 5.91 Å². The van der Waals surface area contributed by atoms with Crippen LogP contribution in [0.4, 0.5) is 19.7 Å². The molecule has 4 aromatic rings. The number of para-hydroxylation sites is 1. The smallest absolute Gasteiger partial charge is 0.407 e. The first-order valence-electron chi connectivity index (χ1n) is 16.2. The summed E-state index contributed by atoms with van der Waals surface area (Å²) in [5, 5.41) is 11.8. The van der Waals surface area contributed by atoms with Crippen molar-refractivity contribution in [2.45, 2.75) is 43.5 Å². The molecule has 1 fully saturated rings. The zero-order valence-corrected chi connectivity index (χ0v) is 27.3. The lowest BCUT2D eigenvalue weighted by Gasteiger charge is -2.30. The van der Waals surface area contributed by atoms with Gasteiger partial charge in [-0.15, -0.1) is 0 Å². The average molecular weight is 669 g/mol. The summed E-state index contributed by atoms with van der Waals surface area (Å²) in [5.74, 6) is -1.25. The minimum absolute atomic E-state index is 0.0349. The third kappa shape index (κ3) is 10.1. The van der Waals surface area contributed by atoms with Gasteiger partial charge in [-0.05, 0) is 41.7 Å². The number of methoxy groups -OCH3 is 1. The van der Waals surface area contributed by atoms with Crippen LogP contribution in [0.3, 0.4) is 0 Å². The van der Waals surface area contributed by atoms with Crippen LogP contribution in [-0.2, 0) is 32.0 Å². The van der Waals surface area contributed by atoms with Gasteiger partial charge in [-0.25, -0.2) is 14.0 Å². The normalized spacial score (nSPS) is 16.3. The minimum atomic E-state index is -0.975. The Bertz CT molecular complexity index is 1630. The fourth-order valence-corrected chi connectivity index (χ4v) is 5.77. The number of carbonyl (C=O) groups is 3. The van der Waals surface area contributed by atoms with Crippen LogP contribution in [0, 0.1) is 5.82 Å². The summed E-state index contributed by atoms with van der Waals surface area (Å²) in [6.45, 7) is 1.05. The number of hydrogen-bond donors (Lipinski definition) is 4. The molecule has 0 saturated carbocycles. The van der Waals surface area contributed by atoms with Gasteiger partial charge in [0.25, 0.3) is 0 Å². The van der Waals surface area contributed by atoms with E-state index in [2.05, 4.69) is 21.3 Å². The van der Waals surface area contributed by atoms with Gasteiger partial charge in [-0.2, -0.15) is 0 Å². The molecular weight excluding hydrogens is 627 g/mol. The van der Waals surface area contributed by atoms with Crippen molar-refractivity contribution in [1.82, 2.24) is 16.0 Å². The molecule has 3 atom stereocenters. The van der Waals surface area contributed by atoms with Crippen molar-refractivity contribution in [3.63, 3.8) is 0 Å². The van der Waals surface area contributed by atoms with Gasteiger partial charge in [-0.3, -0.25) is 4.79 Å². The van der Waals surface area contributed by atoms with Gasteiger partial charge in [0.1, 0.15) is 18.5 Å². The number of ether oxygens (including phenoxy) is 3. The van der Waals surface area contributed by atoms with Crippen molar-refractivity contribution in [2.24, 2.45) is 0 Å². The number of nitrogens with one attached hydrogen (secondary N) is 4. The Balaban J connectivity index is 1.16. The lowest BCUT2D eigenvalue weighted by Crippen LogP contribution is -2.49. The van der Waals surface area contributed by atoms with E-state index in [0.717, 1.165) is 16.7 Å². The lowest BCUT2D eigenvalue weighted by atomic mass is 9.84. The second-order valence-corrected chi connectivity index (χ2v) is 11.7. The molecule has 0 radical (unpaired) electrons. The standard InChI is InChI=1S/C38H41FN4O6/c1-47-38(46)43-35(34(27-13-4-2-5-14-27)28-15-6-3-7-16-28)36(44)42-33-19-11-9-12-26(33)20-21-31-23-40-30(24-48-31)25-49-37(45)41-22-29-17-8-10-18-32(29)39/h2-19,30-31,34-35,40H,20-25H2,1H3,(H,41,45)(H,42,44)(H,43,46). The van der Waals surface area contributed by atoms with Gasteiger partial charge in [0.15, 0.2) is 0 Å². The average Bonchev–Trinajstić information content (AvgIpc) is 3.14. The first-order chi connectivity index (χ1) is 23.9. The monoisotopic (exact) mass is 668 g/mol. The highest BCUT2D eigenvalue weighted by Gasteiger charge is 2.33. The maximum absolute atomic E-state index is 14.0. The number of carbonyl (C=O) groups excluding carboxylic acids is 3. The van der Waals surface area contributed by atoms with Crippen molar-refractivity contribution in [3.8, 4) is 0 Å². The van der Waals surface area contributed by atoms with Crippen LogP contribution in [0.15, 0.2) is 109 Å². The molecular formula is C38H41FN4O6. The maximum Gasteiger partial charge on any atom is 0.407 e. The zero-order chi connectivity index (χ0) is 34.4. The van der Waals surface area contributed by atoms with Crippen LogP contribution in [0.5, 0.6) is 0 Å². The van der Waals surface area contributed by atoms with Crippen molar-refractivity contribution in [1.29, 1.82) is 0 Å². The number of aryl methyl sites for hydroxylation is 1. The molecule has 10 nitrogen and oxygen atoms in total. The Morgan fingerprint density at radius 3 is 2.12 bits per heavy atom. The second kappa shape index (κ2) is 17.8. The molecule has 0 bridgehead atoms. The molecule has 4 aromatic carbocycles. The molecule has 1 heterocycles. The summed E-state index contributed by atoms with van der Waals surface area (Å²) in [6.07, 6.45) is -0.132. The van der Waals surface area contributed by atoms with E-state index in [4.69, 9.17) is 14.2 Å². The molecule has 11 heteroatoms. The Kier molecular flexibility index (Phi) is 12.7. The van der Waals surface area contributed by atoms with E-state index >= 15 is 0 Å². The molecule has 3 amide bonds. The topological polar surface area (TPSA) is 127 Å². The number of benzene rings is 4. The summed E-state index contributed by atoms with van der Waals surface area (Å²) in [4.78, 5) is 38.6. The van der Waals surface area contributed by atoms with Gasteiger partial charge < -0.3 is 35.5 Å². The second-order valence-electron chi connectivity index (χ2n) is 11.7. The fraction of sp³-hybridized carbons (Fsp3) is 0.289. The van der Waals surface area contributed by atoms with E-state index in [1.807, 2.05) is 84.9 Å². The third-order valence-corrected chi connectivity index (χ3v) is 8.37. The van der Waals surface area contributed by atoms with Crippen LogP contribution in [-0.4, -0.2) is 63.1 Å². The van der Waals surface area contributed by atoms with E-state index in [-0.39, 0.29) is 37.0 Å². The van der Waals surface area contributed by atoms with Gasteiger partial charge >= 0.3 is 12.2 Å². The number of hydrogen-bond acceptors (Lipinski definition) is 7. The molecule has 1 aliphatic heterocycles. The molecule has 256 valence electrons. The molecule has 49 heavy (non-hydrogen) atoms. The SMILES string of the molecule is COC(=O)NC(C(=O)Nc1ccccc1CCC1CNC(COC(=O)NCc2ccccc2F)CO1)C(c1ccccc1)c1ccccc1. The highest BCUT2D eigenvalue weighted by molar-refractivity contribution is 5.98. The molecule has 4 N–H and O–H groups in total. The molecule has 0 aliphatic carbocycles. The number of anilines is 1. The summed E-state index contributed by atoms with van der Waals surface area (Å²) >= 11 is 0. The van der Waals surface area contributed by atoms with Crippen molar-refractivity contribution < 1.29 is 33.0 Å². The molecule has 5 rings (SSSR count). The number of alkyl carbamates (subject to hydrolysis) is 2. The summed E-state index contributed by atoms with van der Waals surface area (Å²) in [7, 11) is 1.27. The maximum atomic E-state index is 14.0. The van der Waals surface area contributed by atoms with Crippen LogP contribution in [0.25, 0.3) is 0 Å². The first kappa shape index (κ1) is 35.1. The Morgan fingerprint density at radius 2 is 1.49 bits per heavy atom. The summed E-state index contributed by atoms with van der Waals surface area (Å²) in [5.41, 5.74) is 3.67. The van der Waals surface area contributed by atoms with E-state index in [1.54, 1.807) is 18.2 Å². The van der Waals surface area contributed by atoms with Crippen LogP contribution < -0.4 is 21.3 Å². The predicted octanol–water partition coefficient (Wildman–Crippen LogP) is 5.54. The van der Waals surface area contributed by atoms with Crippen LogP contribution in [0.2, 0.25) is 0 Å². The quantitative estimate of drug-likeness (QED) is 0.148. The summed E-state index contributed by atoms with van der Waals surface area (Å²) < 4.78 is 30.0. The number of rotatable bonds is 13. The number of amides is 3. The lowest BCUT2D eigenvalue weighted by molar-refractivity contribution is -0.118. The molecule has 3 unspecified atom stereocenters. The molecule has 1 saturated heterocycles. The van der Waals surface area contributed by atoms with Crippen molar-refractivity contribution in [3.05, 3.63) is 137 Å². The highest BCUT2D eigenvalue weighted by Crippen LogP contribution is 2.30. The molecule has 0 aromatic heterocycles. The Morgan fingerprint density at radius 1 is 0.857 bits per heavy atom. The minimum Gasteiger partial charge on any atom is -0.453 e. The largest absolute Gasteiger partial charge is 0.453 e. The van der Waals surface area contributed by atoms with E-state index in [9.17, 15) is 18.8 Å². The summed E-state index contributed by atoms with van der Waals surface area (Å²) in [6, 6.07) is 31.8. The van der Waals surface area contributed by atoms with Crippen LogP contribution >= 0.6 is 0 Å². The highest BCUT2D eigenvalue weighted by atomic mass is 19.1. The van der Waals surface area contributed by atoms with Gasteiger partial charge in [-0.1, -0.05) is 97.1 Å². The Labute approximate surface area is 285 Å². The predicted molar refractivity (Wildman–Crippen MR) is 184 cm³/mol. The van der Waals surface area contributed by atoms with E-state index in [1.165, 1.54) is 13.2 Å². The zero-order valence-electron chi connectivity index (χ0n) is 27.3. The molecule has 1 aliphatic rings. The number of morpholine rings is 1. The Hall–Kier alpha value is -5.26. The number of halogens is 1. The first-order valence-corrected chi connectivity index (χ1v) is 16.2.